The van der Waals surface area contributed by atoms with Crippen molar-refractivity contribution in [1.29, 1.82) is 5.26 Å². The van der Waals surface area contributed by atoms with Gasteiger partial charge in [-0.1, -0.05) is 12.2 Å². The summed E-state index contributed by atoms with van der Waals surface area (Å²) < 4.78 is 40.3. The van der Waals surface area contributed by atoms with Crippen molar-refractivity contribution < 1.29 is 22.8 Å². The van der Waals surface area contributed by atoms with Crippen molar-refractivity contribution in [3.05, 3.63) is 41.5 Å². The SMILES string of the molecule is CN(C)C(=O)C1CN(C(=O)C2CC=CC2)CC12CCN(c1ccc(C#N)c(C(F)(F)F)c1)CC2. The van der Waals surface area contributed by atoms with Crippen LogP contribution in [0.2, 0.25) is 0 Å². The van der Waals surface area contributed by atoms with Gasteiger partial charge in [-0.25, -0.2) is 0 Å². The number of alkyl halides is 3. The Balaban J connectivity index is 1.54. The summed E-state index contributed by atoms with van der Waals surface area (Å²) >= 11 is 0. The average Bonchev–Trinajstić information content (AvgIpc) is 3.46. The van der Waals surface area contributed by atoms with Gasteiger partial charge in [0.05, 0.1) is 23.1 Å². The van der Waals surface area contributed by atoms with Gasteiger partial charge in [-0.2, -0.15) is 18.4 Å². The van der Waals surface area contributed by atoms with Crippen LogP contribution in [-0.2, 0) is 15.8 Å². The number of allylic oxidation sites excluding steroid dienone is 2. The first kappa shape index (κ1) is 24.1. The quantitative estimate of drug-likeness (QED) is 0.627. The Morgan fingerprint density at radius 3 is 2.35 bits per heavy atom. The van der Waals surface area contributed by atoms with Gasteiger partial charge < -0.3 is 14.7 Å². The van der Waals surface area contributed by atoms with Crippen LogP contribution in [0.3, 0.4) is 0 Å². The third-order valence-electron chi connectivity index (χ3n) is 7.61. The summed E-state index contributed by atoms with van der Waals surface area (Å²) in [5.41, 5.74) is -1.30. The summed E-state index contributed by atoms with van der Waals surface area (Å²) in [6, 6.07) is 5.42. The maximum absolute atomic E-state index is 13.4. The van der Waals surface area contributed by atoms with E-state index in [0.29, 0.717) is 44.7 Å². The van der Waals surface area contributed by atoms with Gasteiger partial charge in [0.25, 0.3) is 0 Å². The largest absolute Gasteiger partial charge is 0.417 e. The molecule has 2 fully saturated rings. The Hall–Kier alpha value is -3.02. The molecule has 34 heavy (non-hydrogen) atoms. The third kappa shape index (κ3) is 4.38. The first-order valence-electron chi connectivity index (χ1n) is 11.6. The fraction of sp³-hybridized carbons (Fsp3) is 0.560. The Kier molecular flexibility index (Phi) is 6.36. The van der Waals surface area contributed by atoms with E-state index in [-0.39, 0.29) is 29.1 Å². The summed E-state index contributed by atoms with van der Waals surface area (Å²) in [4.78, 5) is 31.5. The minimum Gasteiger partial charge on any atom is -0.371 e. The van der Waals surface area contributed by atoms with Gasteiger partial charge in [-0.05, 0) is 43.9 Å². The Morgan fingerprint density at radius 2 is 1.79 bits per heavy atom. The van der Waals surface area contributed by atoms with Crippen LogP contribution in [0, 0.1) is 28.6 Å². The molecule has 2 heterocycles. The minimum absolute atomic E-state index is 0.00831. The van der Waals surface area contributed by atoms with Crippen molar-refractivity contribution in [2.45, 2.75) is 31.9 Å². The molecule has 1 aromatic rings. The standard InChI is InChI=1S/C25H29F3N4O2/c1-30(2)23(34)21-15-32(22(33)17-5-3-4-6-17)16-24(21)9-11-31(12-10-24)19-8-7-18(14-29)20(13-19)25(26,27)28/h3-4,7-8,13,17,21H,5-6,9-12,15-16H2,1-2H3. The predicted octanol–water partition coefficient (Wildman–Crippen LogP) is 3.68. The van der Waals surface area contributed by atoms with Crippen molar-refractivity contribution in [3.8, 4) is 6.07 Å². The van der Waals surface area contributed by atoms with Gasteiger partial charge in [0.15, 0.2) is 0 Å². The molecule has 4 rings (SSSR count). The van der Waals surface area contributed by atoms with Crippen LogP contribution in [0.25, 0.3) is 0 Å². The number of likely N-dealkylation sites (tertiary alicyclic amines) is 1. The molecule has 0 aromatic heterocycles. The van der Waals surface area contributed by atoms with Gasteiger partial charge in [-0.3, -0.25) is 9.59 Å². The fourth-order valence-corrected chi connectivity index (χ4v) is 5.64. The maximum Gasteiger partial charge on any atom is 0.417 e. The van der Waals surface area contributed by atoms with Crippen molar-refractivity contribution in [2.75, 3.05) is 45.2 Å². The van der Waals surface area contributed by atoms with Gasteiger partial charge in [-0.15, -0.1) is 0 Å². The number of nitriles is 1. The molecular formula is C25H29F3N4O2. The molecule has 6 nitrogen and oxygen atoms in total. The van der Waals surface area contributed by atoms with Crippen LogP contribution in [0.15, 0.2) is 30.4 Å². The average molecular weight is 475 g/mol. The Labute approximate surface area is 197 Å². The first-order valence-corrected chi connectivity index (χ1v) is 11.6. The van der Waals surface area contributed by atoms with E-state index in [1.165, 1.54) is 6.07 Å². The van der Waals surface area contributed by atoms with Gasteiger partial charge in [0, 0.05) is 57.3 Å². The van der Waals surface area contributed by atoms with E-state index in [0.717, 1.165) is 18.9 Å². The van der Waals surface area contributed by atoms with Crippen molar-refractivity contribution in [2.24, 2.45) is 17.3 Å². The maximum atomic E-state index is 13.4. The molecule has 1 aromatic carbocycles. The molecule has 1 unspecified atom stereocenters. The zero-order chi connectivity index (χ0) is 24.7. The lowest BCUT2D eigenvalue weighted by molar-refractivity contribution is -0.138. The van der Waals surface area contributed by atoms with E-state index in [2.05, 4.69) is 0 Å². The van der Waals surface area contributed by atoms with Crippen LogP contribution < -0.4 is 4.90 Å². The van der Waals surface area contributed by atoms with Crippen LogP contribution in [0.5, 0.6) is 0 Å². The van der Waals surface area contributed by atoms with Gasteiger partial charge in [0.1, 0.15) is 0 Å². The summed E-state index contributed by atoms with van der Waals surface area (Å²) in [6.07, 6.45) is 2.08. The molecule has 0 saturated carbocycles. The third-order valence-corrected chi connectivity index (χ3v) is 7.61. The van der Waals surface area contributed by atoms with Crippen LogP contribution in [-0.4, -0.2) is 61.9 Å². The number of carbonyl (C=O) groups excluding carboxylic acids is 2. The molecule has 3 aliphatic rings. The molecule has 1 spiro atoms. The number of amides is 2. The highest BCUT2D eigenvalue weighted by molar-refractivity contribution is 5.84. The molecule has 1 aliphatic carbocycles. The van der Waals surface area contributed by atoms with Crippen molar-refractivity contribution in [3.63, 3.8) is 0 Å². The minimum atomic E-state index is -4.61. The highest BCUT2D eigenvalue weighted by atomic mass is 19.4. The number of piperidine rings is 1. The monoisotopic (exact) mass is 474 g/mol. The molecule has 9 heteroatoms. The van der Waals surface area contributed by atoms with Crippen molar-refractivity contribution in [1.82, 2.24) is 9.80 Å². The summed E-state index contributed by atoms with van der Waals surface area (Å²) in [7, 11) is 3.43. The second-order valence-electron chi connectivity index (χ2n) is 9.83. The van der Waals surface area contributed by atoms with Crippen LogP contribution >= 0.6 is 0 Å². The zero-order valence-electron chi connectivity index (χ0n) is 19.4. The van der Waals surface area contributed by atoms with Crippen molar-refractivity contribution >= 4 is 17.5 Å². The number of hydrogen-bond donors (Lipinski definition) is 0. The number of benzene rings is 1. The molecule has 0 bridgehead atoms. The summed E-state index contributed by atoms with van der Waals surface area (Å²) in [5.74, 6) is -0.312. The number of halogens is 3. The zero-order valence-corrected chi connectivity index (χ0v) is 19.4. The lowest BCUT2D eigenvalue weighted by Gasteiger charge is -2.43. The number of hydrogen-bond acceptors (Lipinski definition) is 4. The highest BCUT2D eigenvalue weighted by Gasteiger charge is 2.53. The van der Waals surface area contributed by atoms with E-state index in [9.17, 15) is 22.8 Å². The normalized spacial score (nSPS) is 22.3. The fourth-order valence-electron chi connectivity index (χ4n) is 5.64. The number of nitrogens with zero attached hydrogens (tertiary/aromatic N) is 4. The van der Waals surface area contributed by atoms with E-state index in [1.54, 1.807) is 31.1 Å². The second-order valence-corrected chi connectivity index (χ2v) is 9.83. The molecule has 182 valence electrons. The molecule has 0 radical (unpaired) electrons. The lowest BCUT2D eigenvalue weighted by Crippen LogP contribution is -2.48. The van der Waals surface area contributed by atoms with Crippen LogP contribution in [0.1, 0.15) is 36.8 Å². The van der Waals surface area contributed by atoms with Gasteiger partial charge in [0.2, 0.25) is 11.8 Å². The number of rotatable bonds is 3. The van der Waals surface area contributed by atoms with Crippen LogP contribution in [0.4, 0.5) is 18.9 Å². The Bertz CT molecular complexity index is 1030. The molecule has 2 aliphatic heterocycles. The molecule has 2 amide bonds. The van der Waals surface area contributed by atoms with E-state index >= 15 is 0 Å². The van der Waals surface area contributed by atoms with E-state index < -0.39 is 17.3 Å². The Morgan fingerprint density at radius 1 is 1.15 bits per heavy atom. The second kappa shape index (κ2) is 8.97. The lowest BCUT2D eigenvalue weighted by atomic mass is 9.70. The van der Waals surface area contributed by atoms with E-state index in [1.807, 2.05) is 22.0 Å². The topological polar surface area (TPSA) is 67.7 Å². The summed E-state index contributed by atoms with van der Waals surface area (Å²) in [5, 5.41) is 9.06. The molecule has 1 atom stereocenters. The predicted molar refractivity (Wildman–Crippen MR) is 121 cm³/mol. The molecule has 2 saturated heterocycles. The number of carbonyl (C=O) groups is 2. The summed E-state index contributed by atoms with van der Waals surface area (Å²) in [6.45, 7) is 1.85. The first-order chi connectivity index (χ1) is 16.1. The molecule has 0 N–H and O–H groups in total. The van der Waals surface area contributed by atoms with E-state index in [4.69, 9.17) is 5.26 Å². The number of anilines is 1. The van der Waals surface area contributed by atoms with Gasteiger partial charge >= 0.3 is 6.18 Å². The molecular weight excluding hydrogens is 445 g/mol. The highest BCUT2D eigenvalue weighted by Crippen LogP contribution is 2.47. The smallest absolute Gasteiger partial charge is 0.371 e.